The molecule has 1 heterocycles. The van der Waals surface area contributed by atoms with Gasteiger partial charge in [-0.3, -0.25) is 4.98 Å². The first kappa shape index (κ1) is 16.1. The van der Waals surface area contributed by atoms with Crippen molar-refractivity contribution in [3.05, 3.63) is 53.7 Å². The molecule has 0 radical (unpaired) electrons. The Hall–Kier alpha value is -2.76. The minimum absolute atomic E-state index is 0.0163. The lowest BCUT2D eigenvalue weighted by molar-refractivity contribution is -0.137. The zero-order valence-electron chi connectivity index (χ0n) is 13.0. The number of phenolic OH excluding ortho intramolecular Hbond substituents is 1. The van der Waals surface area contributed by atoms with Crippen molar-refractivity contribution in [3.8, 4) is 22.6 Å². The van der Waals surface area contributed by atoms with Gasteiger partial charge in [-0.2, -0.15) is 13.2 Å². The predicted octanol–water partition coefficient (Wildman–Crippen LogP) is 4.94. The van der Waals surface area contributed by atoms with Crippen molar-refractivity contribution in [2.45, 2.75) is 13.1 Å². The zero-order valence-corrected chi connectivity index (χ0v) is 13.0. The molecule has 0 fully saturated rings. The van der Waals surface area contributed by atoms with E-state index >= 15 is 0 Å². The van der Waals surface area contributed by atoms with E-state index in [0.717, 1.165) is 12.1 Å². The molecular weight excluding hydrogens is 319 g/mol. The number of fused-ring (bicyclic) bond motifs is 1. The average molecular weight is 333 g/mol. The number of aryl methyl sites for hydroxylation is 1. The van der Waals surface area contributed by atoms with E-state index in [9.17, 15) is 18.3 Å². The van der Waals surface area contributed by atoms with Gasteiger partial charge in [0.15, 0.2) is 0 Å². The Labute approximate surface area is 136 Å². The lowest BCUT2D eigenvalue weighted by Crippen LogP contribution is -2.04. The monoisotopic (exact) mass is 333 g/mol. The molecular formula is C18H14F3NO2. The van der Waals surface area contributed by atoms with Crippen LogP contribution in [0.5, 0.6) is 11.5 Å². The number of methoxy groups -OCH3 is 1. The highest BCUT2D eigenvalue weighted by molar-refractivity contribution is 5.96. The van der Waals surface area contributed by atoms with Gasteiger partial charge in [0.05, 0.1) is 18.2 Å². The maximum atomic E-state index is 12.9. The third kappa shape index (κ3) is 2.87. The topological polar surface area (TPSA) is 42.4 Å². The van der Waals surface area contributed by atoms with Crippen LogP contribution >= 0.6 is 0 Å². The minimum Gasteiger partial charge on any atom is -0.507 e. The lowest BCUT2D eigenvalue weighted by atomic mass is 9.98. The first-order valence-corrected chi connectivity index (χ1v) is 7.15. The van der Waals surface area contributed by atoms with E-state index < -0.39 is 11.7 Å². The van der Waals surface area contributed by atoms with Crippen molar-refractivity contribution >= 4 is 10.9 Å². The van der Waals surface area contributed by atoms with Crippen LogP contribution in [-0.4, -0.2) is 17.2 Å². The van der Waals surface area contributed by atoms with E-state index in [1.54, 1.807) is 25.1 Å². The average Bonchev–Trinajstić information content (AvgIpc) is 2.53. The van der Waals surface area contributed by atoms with Gasteiger partial charge in [-0.05, 0) is 48.9 Å². The predicted molar refractivity (Wildman–Crippen MR) is 85.1 cm³/mol. The Morgan fingerprint density at radius 3 is 2.42 bits per heavy atom. The van der Waals surface area contributed by atoms with Crippen LogP contribution in [0.25, 0.3) is 22.0 Å². The van der Waals surface area contributed by atoms with E-state index in [4.69, 9.17) is 4.74 Å². The summed E-state index contributed by atoms with van der Waals surface area (Å²) in [5, 5.41) is 10.7. The van der Waals surface area contributed by atoms with Crippen molar-refractivity contribution in [1.82, 2.24) is 4.98 Å². The molecule has 3 nitrogen and oxygen atoms in total. The number of aromatic hydroxyl groups is 1. The molecule has 0 saturated carbocycles. The molecule has 1 aromatic heterocycles. The minimum atomic E-state index is -4.43. The molecule has 3 rings (SSSR count). The summed E-state index contributed by atoms with van der Waals surface area (Å²) in [7, 11) is 1.50. The van der Waals surface area contributed by atoms with Gasteiger partial charge in [0.2, 0.25) is 0 Å². The number of aromatic nitrogens is 1. The van der Waals surface area contributed by atoms with Crippen molar-refractivity contribution in [3.63, 3.8) is 0 Å². The second-order valence-electron chi connectivity index (χ2n) is 5.42. The summed E-state index contributed by atoms with van der Waals surface area (Å²) in [6.07, 6.45) is -4.43. The largest absolute Gasteiger partial charge is 0.507 e. The number of halogens is 3. The van der Waals surface area contributed by atoms with Crippen molar-refractivity contribution in [2.75, 3.05) is 7.11 Å². The molecule has 0 bridgehead atoms. The number of hydrogen-bond acceptors (Lipinski definition) is 3. The molecule has 0 aliphatic carbocycles. The summed E-state index contributed by atoms with van der Waals surface area (Å²) in [6, 6.07) is 9.87. The second kappa shape index (κ2) is 5.70. The molecule has 0 amide bonds. The van der Waals surface area contributed by atoms with Gasteiger partial charge in [-0.15, -0.1) is 0 Å². The van der Waals surface area contributed by atoms with Gasteiger partial charge in [-0.1, -0.05) is 6.07 Å². The summed E-state index contributed by atoms with van der Waals surface area (Å²) in [6.45, 7) is 1.69. The fraction of sp³-hybridized carbons (Fsp3) is 0.167. The summed E-state index contributed by atoms with van der Waals surface area (Å²) >= 11 is 0. The number of pyridine rings is 1. The van der Waals surface area contributed by atoms with Gasteiger partial charge in [0.1, 0.15) is 11.5 Å². The lowest BCUT2D eigenvalue weighted by Gasteiger charge is -2.13. The summed E-state index contributed by atoms with van der Waals surface area (Å²) in [5.41, 5.74) is 1.10. The molecule has 6 heteroatoms. The highest BCUT2D eigenvalue weighted by Gasteiger charge is 2.30. The molecule has 24 heavy (non-hydrogen) atoms. The van der Waals surface area contributed by atoms with Gasteiger partial charge in [-0.25, -0.2) is 0 Å². The van der Waals surface area contributed by atoms with E-state index in [2.05, 4.69) is 4.98 Å². The van der Waals surface area contributed by atoms with Crippen LogP contribution in [0, 0.1) is 6.92 Å². The third-order valence-corrected chi connectivity index (χ3v) is 3.76. The molecule has 1 N–H and O–H groups in total. The second-order valence-corrected chi connectivity index (χ2v) is 5.42. The number of nitrogens with zero attached hydrogens (tertiary/aromatic N) is 1. The van der Waals surface area contributed by atoms with Gasteiger partial charge < -0.3 is 9.84 Å². The number of alkyl halides is 3. The molecule has 0 aliphatic rings. The van der Waals surface area contributed by atoms with E-state index in [-0.39, 0.29) is 11.3 Å². The smallest absolute Gasteiger partial charge is 0.416 e. The molecule has 2 aromatic carbocycles. The van der Waals surface area contributed by atoms with E-state index in [1.165, 1.54) is 19.2 Å². The third-order valence-electron chi connectivity index (χ3n) is 3.76. The van der Waals surface area contributed by atoms with Crippen molar-refractivity contribution in [2.24, 2.45) is 0 Å². The number of phenols is 1. The Morgan fingerprint density at radius 1 is 1.00 bits per heavy atom. The molecule has 3 aromatic rings. The van der Waals surface area contributed by atoms with Crippen molar-refractivity contribution in [1.29, 1.82) is 0 Å². The van der Waals surface area contributed by atoms with Crippen LogP contribution in [-0.2, 0) is 6.18 Å². The number of hydrogen-bond donors (Lipinski definition) is 1. The molecule has 0 saturated heterocycles. The molecule has 0 spiro atoms. The molecule has 0 unspecified atom stereocenters. The highest BCUT2D eigenvalue weighted by Crippen LogP contribution is 2.38. The summed E-state index contributed by atoms with van der Waals surface area (Å²) in [5.74, 6) is 0.555. The normalized spacial score (nSPS) is 11.7. The summed E-state index contributed by atoms with van der Waals surface area (Å²) < 4.78 is 43.9. The van der Waals surface area contributed by atoms with Crippen molar-refractivity contribution < 1.29 is 23.0 Å². The number of ether oxygens (including phenoxy) is 1. The van der Waals surface area contributed by atoms with Gasteiger partial charge in [0.25, 0.3) is 0 Å². The maximum absolute atomic E-state index is 12.9. The Bertz CT molecular complexity index is 920. The Balaban J connectivity index is 2.29. The SMILES string of the molecule is COc1ccc(O)c(-c2cc(C)nc3cc(C(F)(F)F)ccc23)c1. The first-order valence-electron chi connectivity index (χ1n) is 7.15. The Morgan fingerprint density at radius 2 is 1.75 bits per heavy atom. The van der Waals surface area contributed by atoms with Crippen LogP contribution in [0.3, 0.4) is 0 Å². The molecule has 124 valence electrons. The number of benzene rings is 2. The molecule has 0 atom stereocenters. The van der Waals surface area contributed by atoms with E-state index in [0.29, 0.717) is 28.0 Å². The van der Waals surface area contributed by atoms with Gasteiger partial charge >= 0.3 is 6.18 Å². The van der Waals surface area contributed by atoms with Crippen LogP contribution in [0.15, 0.2) is 42.5 Å². The first-order chi connectivity index (χ1) is 11.3. The Kier molecular flexibility index (Phi) is 3.83. The molecule has 0 aliphatic heterocycles. The summed E-state index contributed by atoms with van der Waals surface area (Å²) in [4.78, 5) is 4.20. The van der Waals surface area contributed by atoms with Crippen LogP contribution < -0.4 is 4.74 Å². The maximum Gasteiger partial charge on any atom is 0.416 e. The van der Waals surface area contributed by atoms with Gasteiger partial charge in [0, 0.05) is 16.6 Å². The highest BCUT2D eigenvalue weighted by atomic mass is 19.4. The van der Waals surface area contributed by atoms with Crippen LogP contribution in [0.4, 0.5) is 13.2 Å². The van der Waals surface area contributed by atoms with E-state index in [1.807, 2.05) is 0 Å². The number of rotatable bonds is 2. The fourth-order valence-corrected chi connectivity index (χ4v) is 2.62. The fourth-order valence-electron chi connectivity index (χ4n) is 2.62. The van der Waals surface area contributed by atoms with Crippen LogP contribution in [0.2, 0.25) is 0 Å². The quantitative estimate of drug-likeness (QED) is 0.722. The van der Waals surface area contributed by atoms with Crippen LogP contribution in [0.1, 0.15) is 11.3 Å². The zero-order chi connectivity index (χ0) is 17.5. The standard InChI is InChI=1S/C18H14F3NO2/c1-10-7-14(15-9-12(24-2)4-6-17(15)23)13-5-3-11(18(19,20)21)8-16(13)22-10/h3-9,23H,1-2H3.